The molecule has 2 heteroatoms. The molecule has 1 fully saturated rings. The Morgan fingerprint density at radius 1 is 1.28 bits per heavy atom. The van der Waals surface area contributed by atoms with Gasteiger partial charge in [-0.25, -0.2) is 0 Å². The molecule has 0 bridgehead atoms. The Morgan fingerprint density at radius 2 is 2.06 bits per heavy atom. The molecular formula is C16H26N2. The minimum Gasteiger partial charge on any atom is -0.319 e. The first kappa shape index (κ1) is 13.6. The third-order valence-electron chi connectivity index (χ3n) is 4.37. The lowest BCUT2D eigenvalue weighted by atomic mass is 9.91. The molecule has 2 atom stereocenters. The fourth-order valence-electron chi connectivity index (χ4n) is 3.19. The van der Waals surface area contributed by atoms with Crippen LogP contribution in [0.2, 0.25) is 0 Å². The fraction of sp³-hybridized carbons (Fsp3) is 0.625. The van der Waals surface area contributed by atoms with Crippen molar-refractivity contribution in [1.29, 1.82) is 0 Å². The number of aryl methyl sites for hydroxylation is 2. The maximum absolute atomic E-state index is 3.35. The van der Waals surface area contributed by atoms with Crippen LogP contribution in [0.5, 0.6) is 0 Å². The van der Waals surface area contributed by atoms with Gasteiger partial charge in [0.2, 0.25) is 0 Å². The van der Waals surface area contributed by atoms with Crippen LogP contribution < -0.4 is 5.32 Å². The summed E-state index contributed by atoms with van der Waals surface area (Å²) >= 11 is 0. The van der Waals surface area contributed by atoms with Gasteiger partial charge in [-0.2, -0.15) is 0 Å². The van der Waals surface area contributed by atoms with Gasteiger partial charge in [-0.3, -0.25) is 4.90 Å². The molecule has 1 aromatic carbocycles. The van der Waals surface area contributed by atoms with E-state index in [0.29, 0.717) is 6.04 Å². The normalized spacial score (nSPS) is 24.7. The van der Waals surface area contributed by atoms with Crippen molar-refractivity contribution in [1.82, 2.24) is 10.2 Å². The Labute approximate surface area is 111 Å². The zero-order valence-electron chi connectivity index (χ0n) is 12.2. The lowest BCUT2D eigenvalue weighted by Gasteiger charge is -2.28. The quantitative estimate of drug-likeness (QED) is 0.879. The van der Waals surface area contributed by atoms with Crippen LogP contribution in [-0.2, 0) is 0 Å². The largest absolute Gasteiger partial charge is 0.319 e. The minimum atomic E-state index is 0.599. The van der Waals surface area contributed by atoms with Gasteiger partial charge in [-0.05, 0) is 69.6 Å². The van der Waals surface area contributed by atoms with E-state index in [9.17, 15) is 0 Å². The molecule has 18 heavy (non-hydrogen) atoms. The van der Waals surface area contributed by atoms with E-state index in [0.717, 1.165) is 19.0 Å². The number of nitrogens with one attached hydrogen (secondary N) is 1. The Balaban J connectivity index is 2.28. The van der Waals surface area contributed by atoms with Crippen molar-refractivity contribution < 1.29 is 0 Å². The van der Waals surface area contributed by atoms with Gasteiger partial charge in [-0.15, -0.1) is 0 Å². The van der Waals surface area contributed by atoms with E-state index >= 15 is 0 Å². The Hall–Kier alpha value is -0.860. The molecule has 0 saturated carbocycles. The van der Waals surface area contributed by atoms with E-state index in [1.807, 2.05) is 0 Å². The van der Waals surface area contributed by atoms with E-state index in [1.165, 1.54) is 29.7 Å². The Morgan fingerprint density at radius 3 is 2.67 bits per heavy atom. The maximum Gasteiger partial charge on any atom is 0.0388 e. The first-order valence-electron chi connectivity index (χ1n) is 7.13. The lowest BCUT2D eigenvalue weighted by molar-refractivity contribution is 0.238. The van der Waals surface area contributed by atoms with E-state index in [1.54, 1.807) is 0 Å². The summed E-state index contributed by atoms with van der Waals surface area (Å²) in [5, 5.41) is 3.35. The molecule has 1 saturated heterocycles. The molecule has 1 aliphatic heterocycles. The predicted octanol–water partition coefficient (Wildman–Crippen LogP) is 2.91. The average Bonchev–Trinajstić information content (AvgIpc) is 2.76. The summed E-state index contributed by atoms with van der Waals surface area (Å²) in [5.74, 6) is 0.747. The molecule has 0 aromatic heterocycles. The average molecular weight is 246 g/mol. The summed E-state index contributed by atoms with van der Waals surface area (Å²) in [7, 11) is 2.06. The number of benzene rings is 1. The van der Waals surface area contributed by atoms with Crippen molar-refractivity contribution in [2.75, 3.05) is 26.7 Å². The van der Waals surface area contributed by atoms with Crippen LogP contribution >= 0.6 is 0 Å². The highest BCUT2D eigenvalue weighted by Crippen LogP contribution is 2.37. The summed E-state index contributed by atoms with van der Waals surface area (Å²) in [5.41, 5.74) is 4.31. The lowest BCUT2D eigenvalue weighted by Crippen LogP contribution is -2.29. The summed E-state index contributed by atoms with van der Waals surface area (Å²) in [6, 6.07) is 7.58. The molecule has 0 amide bonds. The molecule has 0 spiro atoms. The maximum atomic E-state index is 3.35. The zero-order valence-corrected chi connectivity index (χ0v) is 12.2. The molecule has 2 rings (SSSR count). The summed E-state index contributed by atoms with van der Waals surface area (Å²) in [6.45, 7) is 10.2. The SMILES string of the molecule is CCN1CCC(CNC)C1c1ccc(C)c(C)c1. The van der Waals surface area contributed by atoms with Crippen molar-refractivity contribution in [2.45, 2.75) is 33.2 Å². The third-order valence-corrected chi connectivity index (χ3v) is 4.37. The summed E-state index contributed by atoms with van der Waals surface area (Å²) < 4.78 is 0. The topological polar surface area (TPSA) is 15.3 Å². The van der Waals surface area contributed by atoms with Gasteiger partial charge in [0.15, 0.2) is 0 Å². The van der Waals surface area contributed by atoms with Crippen LogP contribution in [0.25, 0.3) is 0 Å². The molecule has 100 valence electrons. The van der Waals surface area contributed by atoms with Crippen molar-refractivity contribution in [2.24, 2.45) is 5.92 Å². The number of hydrogen-bond acceptors (Lipinski definition) is 2. The number of hydrogen-bond donors (Lipinski definition) is 1. The molecule has 1 heterocycles. The van der Waals surface area contributed by atoms with Gasteiger partial charge in [0, 0.05) is 6.04 Å². The fourth-order valence-corrected chi connectivity index (χ4v) is 3.19. The van der Waals surface area contributed by atoms with Gasteiger partial charge in [0.25, 0.3) is 0 Å². The van der Waals surface area contributed by atoms with Crippen molar-refractivity contribution >= 4 is 0 Å². The van der Waals surface area contributed by atoms with Crippen LogP contribution in [0.1, 0.15) is 36.1 Å². The molecule has 1 aromatic rings. The highest BCUT2D eigenvalue weighted by atomic mass is 15.2. The van der Waals surface area contributed by atoms with Gasteiger partial charge in [-0.1, -0.05) is 25.1 Å². The van der Waals surface area contributed by atoms with Crippen LogP contribution in [0.4, 0.5) is 0 Å². The summed E-state index contributed by atoms with van der Waals surface area (Å²) in [4.78, 5) is 2.62. The standard InChI is InChI=1S/C16H26N2/c1-5-18-9-8-15(11-17-4)16(18)14-7-6-12(2)13(3)10-14/h6-7,10,15-17H,5,8-9,11H2,1-4H3. The van der Waals surface area contributed by atoms with Crippen LogP contribution in [-0.4, -0.2) is 31.6 Å². The molecule has 0 aliphatic carbocycles. The van der Waals surface area contributed by atoms with E-state index < -0.39 is 0 Å². The van der Waals surface area contributed by atoms with Crippen LogP contribution in [0.3, 0.4) is 0 Å². The second-order valence-corrected chi connectivity index (χ2v) is 5.52. The van der Waals surface area contributed by atoms with Crippen molar-refractivity contribution in [3.63, 3.8) is 0 Å². The summed E-state index contributed by atoms with van der Waals surface area (Å²) in [6.07, 6.45) is 1.31. The second-order valence-electron chi connectivity index (χ2n) is 5.52. The van der Waals surface area contributed by atoms with Crippen molar-refractivity contribution in [3.8, 4) is 0 Å². The van der Waals surface area contributed by atoms with Crippen LogP contribution in [0, 0.1) is 19.8 Å². The second kappa shape index (κ2) is 5.85. The highest BCUT2D eigenvalue weighted by Gasteiger charge is 2.33. The smallest absolute Gasteiger partial charge is 0.0388 e. The van der Waals surface area contributed by atoms with Gasteiger partial charge in [0.1, 0.15) is 0 Å². The molecular weight excluding hydrogens is 220 g/mol. The number of rotatable bonds is 4. The Kier molecular flexibility index (Phi) is 4.41. The molecule has 1 aliphatic rings. The van der Waals surface area contributed by atoms with Crippen molar-refractivity contribution in [3.05, 3.63) is 34.9 Å². The first-order chi connectivity index (χ1) is 8.67. The number of likely N-dealkylation sites (tertiary alicyclic amines) is 1. The van der Waals surface area contributed by atoms with Crippen LogP contribution in [0.15, 0.2) is 18.2 Å². The van der Waals surface area contributed by atoms with E-state index in [4.69, 9.17) is 0 Å². The van der Waals surface area contributed by atoms with Gasteiger partial charge >= 0.3 is 0 Å². The van der Waals surface area contributed by atoms with Gasteiger partial charge in [0.05, 0.1) is 0 Å². The molecule has 1 N–H and O–H groups in total. The predicted molar refractivity (Wildman–Crippen MR) is 77.9 cm³/mol. The third kappa shape index (κ3) is 2.60. The highest BCUT2D eigenvalue weighted by molar-refractivity contribution is 5.32. The first-order valence-corrected chi connectivity index (χ1v) is 7.13. The van der Waals surface area contributed by atoms with Gasteiger partial charge < -0.3 is 5.32 Å². The number of nitrogens with zero attached hydrogens (tertiary/aromatic N) is 1. The van der Waals surface area contributed by atoms with E-state index in [-0.39, 0.29) is 0 Å². The monoisotopic (exact) mass is 246 g/mol. The molecule has 2 unspecified atom stereocenters. The zero-order chi connectivity index (χ0) is 13.1. The minimum absolute atomic E-state index is 0.599. The Bertz CT molecular complexity index is 400. The van der Waals surface area contributed by atoms with E-state index in [2.05, 4.69) is 56.2 Å². The molecule has 0 radical (unpaired) electrons. The molecule has 2 nitrogen and oxygen atoms in total.